The minimum Gasteiger partial charge on any atom is -0.166 e. The Bertz CT molecular complexity index is 387. The van der Waals surface area contributed by atoms with Crippen molar-refractivity contribution in [3.05, 3.63) is 33.3 Å². The van der Waals surface area contributed by atoms with Crippen molar-refractivity contribution in [2.24, 2.45) is 0 Å². The highest BCUT2D eigenvalue weighted by Gasteiger charge is 2.40. The molecule has 0 bridgehead atoms. The molecule has 1 rings (SSSR count). The molecule has 0 amide bonds. The fraction of sp³-hybridized carbons (Fsp3) is 0.333. The van der Waals surface area contributed by atoms with Crippen LogP contribution in [-0.2, 0) is 18.2 Å². The quantitative estimate of drug-likeness (QED) is 0.485. The van der Waals surface area contributed by atoms with Crippen molar-refractivity contribution in [2.45, 2.75) is 18.2 Å². The summed E-state index contributed by atoms with van der Waals surface area (Å²) in [6, 6.07) is 1.18. The molecule has 0 nitrogen and oxygen atoms in total. The highest BCUT2D eigenvalue weighted by atomic mass is 79.9. The maximum absolute atomic E-state index is 12.5. The number of hydrogen-bond donors (Lipinski definition) is 0. The smallest absolute Gasteiger partial charge is 0.166 e. The second-order valence-electron chi connectivity index (χ2n) is 3.13. The average molecular weight is 341 g/mol. The third-order valence-corrected chi connectivity index (χ3v) is 3.06. The zero-order valence-electron chi connectivity index (χ0n) is 7.89. The fourth-order valence-corrected chi connectivity index (χ4v) is 2.01. The first kappa shape index (κ1) is 14.6. The number of halogens is 8. The van der Waals surface area contributed by atoms with Crippen molar-refractivity contribution in [3.63, 3.8) is 0 Å². The van der Waals surface area contributed by atoms with Gasteiger partial charge in [0.1, 0.15) is 0 Å². The van der Waals surface area contributed by atoms with Gasteiger partial charge in [-0.05, 0) is 33.6 Å². The van der Waals surface area contributed by atoms with Crippen molar-refractivity contribution in [2.75, 3.05) is 0 Å². The van der Waals surface area contributed by atoms with E-state index in [1.54, 1.807) is 0 Å². The van der Waals surface area contributed by atoms with Gasteiger partial charge in [0.15, 0.2) is 0 Å². The Morgan fingerprint density at radius 2 is 1.29 bits per heavy atom. The highest BCUT2D eigenvalue weighted by Crippen LogP contribution is 2.43. The molecule has 0 aliphatic carbocycles. The Kier molecular flexibility index (Phi) is 4.03. The molecule has 0 heterocycles. The van der Waals surface area contributed by atoms with Crippen LogP contribution in [0.25, 0.3) is 0 Å². The SMILES string of the molecule is FC(F)(F)c1cc(CCl)cc(C(F)(F)F)c1Br. The molecule has 0 aliphatic rings. The van der Waals surface area contributed by atoms with E-state index in [-0.39, 0.29) is 5.56 Å². The van der Waals surface area contributed by atoms with E-state index >= 15 is 0 Å². The summed E-state index contributed by atoms with van der Waals surface area (Å²) in [7, 11) is 0. The van der Waals surface area contributed by atoms with E-state index in [0.717, 1.165) is 0 Å². The van der Waals surface area contributed by atoms with Gasteiger partial charge in [0, 0.05) is 10.4 Å². The molecule has 1 aromatic rings. The van der Waals surface area contributed by atoms with E-state index in [1.165, 1.54) is 0 Å². The van der Waals surface area contributed by atoms with Crippen LogP contribution in [-0.4, -0.2) is 0 Å². The van der Waals surface area contributed by atoms with Gasteiger partial charge in [0.2, 0.25) is 0 Å². The lowest BCUT2D eigenvalue weighted by atomic mass is 10.1. The molecule has 8 heteroatoms. The van der Waals surface area contributed by atoms with Crippen LogP contribution in [0, 0.1) is 0 Å². The Hall–Kier alpha value is -0.430. The number of hydrogen-bond acceptors (Lipinski definition) is 0. The third-order valence-electron chi connectivity index (χ3n) is 1.90. The van der Waals surface area contributed by atoms with Crippen molar-refractivity contribution in [1.82, 2.24) is 0 Å². The molecule has 0 atom stereocenters. The lowest BCUT2D eigenvalue weighted by Gasteiger charge is -2.16. The van der Waals surface area contributed by atoms with Gasteiger partial charge in [-0.1, -0.05) is 0 Å². The van der Waals surface area contributed by atoms with Gasteiger partial charge in [-0.15, -0.1) is 11.6 Å². The molecule has 96 valence electrons. The van der Waals surface area contributed by atoms with Crippen LogP contribution in [0.3, 0.4) is 0 Å². The fourth-order valence-electron chi connectivity index (χ4n) is 1.17. The highest BCUT2D eigenvalue weighted by molar-refractivity contribution is 9.10. The molecular weight excluding hydrogens is 337 g/mol. The summed E-state index contributed by atoms with van der Waals surface area (Å²) in [5.74, 6) is -0.431. The van der Waals surface area contributed by atoms with E-state index in [1.807, 2.05) is 0 Å². The summed E-state index contributed by atoms with van der Waals surface area (Å²) in [5, 5.41) is 0. The summed E-state index contributed by atoms with van der Waals surface area (Å²) in [6.45, 7) is 0. The minimum atomic E-state index is -4.87. The Morgan fingerprint density at radius 3 is 1.53 bits per heavy atom. The van der Waals surface area contributed by atoms with Crippen LogP contribution in [0.2, 0.25) is 0 Å². The van der Waals surface area contributed by atoms with Gasteiger partial charge < -0.3 is 0 Å². The van der Waals surface area contributed by atoms with Gasteiger partial charge >= 0.3 is 12.4 Å². The summed E-state index contributed by atoms with van der Waals surface area (Å²) in [5.41, 5.74) is -3.01. The maximum Gasteiger partial charge on any atom is 0.417 e. The van der Waals surface area contributed by atoms with E-state index < -0.39 is 33.8 Å². The predicted octanol–water partition coefficient (Wildman–Crippen LogP) is 5.23. The number of rotatable bonds is 1. The molecule has 0 aliphatic heterocycles. The van der Waals surface area contributed by atoms with E-state index in [4.69, 9.17) is 11.6 Å². The molecule has 0 aromatic heterocycles. The summed E-state index contributed by atoms with van der Waals surface area (Å²) < 4.78 is 73.9. The first-order valence-corrected chi connectivity index (χ1v) is 5.43. The average Bonchev–Trinajstić information content (AvgIpc) is 2.14. The predicted molar refractivity (Wildman–Crippen MR) is 53.7 cm³/mol. The summed E-state index contributed by atoms with van der Waals surface area (Å²) in [4.78, 5) is 0. The lowest BCUT2D eigenvalue weighted by Crippen LogP contribution is -2.13. The van der Waals surface area contributed by atoms with Crippen LogP contribution in [0.4, 0.5) is 26.3 Å². The second-order valence-corrected chi connectivity index (χ2v) is 4.19. The van der Waals surface area contributed by atoms with Crippen LogP contribution < -0.4 is 0 Å². The second kappa shape index (κ2) is 4.68. The van der Waals surface area contributed by atoms with Crippen LogP contribution in [0.15, 0.2) is 16.6 Å². The van der Waals surface area contributed by atoms with Gasteiger partial charge in [-0.25, -0.2) is 0 Å². The molecule has 0 unspecified atom stereocenters. The first-order valence-electron chi connectivity index (χ1n) is 4.10. The van der Waals surface area contributed by atoms with E-state index in [0.29, 0.717) is 12.1 Å². The van der Waals surface area contributed by atoms with Gasteiger partial charge in [0.25, 0.3) is 0 Å². The molecule has 0 fully saturated rings. The number of benzene rings is 1. The monoisotopic (exact) mass is 340 g/mol. The van der Waals surface area contributed by atoms with E-state index in [2.05, 4.69) is 15.9 Å². The van der Waals surface area contributed by atoms with Gasteiger partial charge in [0.05, 0.1) is 11.1 Å². The normalized spacial score (nSPS) is 12.9. The van der Waals surface area contributed by atoms with Gasteiger partial charge in [-0.3, -0.25) is 0 Å². The molecule has 0 saturated carbocycles. The zero-order valence-corrected chi connectivity index (χ0v) is 10.2. The van der Waals surface area contributed by atoms with Crippen LogP contribution in [0.1, 0.15) is 16.7 Å². The van der Waals surface area contributed by atoms with Crippen molar-refractivity contribution in [1.29, 1.82) is 0 Å². The van der Waals surface area contributed by atoms with E-state index in [9.17, 15) is 26.3 Å². The molecular formula is C9H4BrClF6. The molecule has 0 spiro atoms. The molecule has 17 heavy (non-hydrogen) atoms. The van der Waals surface area contributed by atoms with Crippen molar-refractivity contribution >= 4 is 27.5 Å². The van der Waals surface area contributed by atoms with Gasteiger partial charge in [-0.2, -0.15) is 26.3 Å². The molecule has 0 radical (unpaired) electrons. The molecule has 1 aromatic carbocycles. The molecule has 0 N–H and O–H groups in total. The van der Waals surface area contributed by atoms with Crippen molar-refractivity contribution < 1.29 is 26.3 Å². The Labute approximate surface area is 106 Å². The molecule has 0 saturated heterocycles. The standard InChI is InChI=1S/C9H4BrClF6/c10-7-5(8(12,13)14)1-4(3-11)2-6(7)9(15,16)17/h1-2H,3H2. The Morgan fingerprint density at radius 1 is 0.941 bits per heavy atom. The number of alkyl halides is 7. The summed E-state index contributed by atoms with van der Waals surface area (Å²) in [6.07, 6.45) is -9.75. The van der Waals surface area contributed by atoms with Crippen molar-refractivity contribution in [3.8, 4) is 0 Å². The Balaban J connectivity index is 3.53. The zero-order chi connectivity index (χ0) is 13.4. The van der Waals surface area contributed by atoms with Crippen LogP contribution >= 0.6 is 27.5 Å². The lowest BCUT2D eigenvalue weighted by molar-refractivity contribution is -0.144. The van der Waals surface area contributed by atoms with Crippen LogP contribution in [0.5, 0.6) is 0 Å². The third kappa shape index (κ3) is 3.28. The first-order chi connectivity index (χ1) is 7.57. The largest absolute Gasteiger partial charge is 0.417 e. The topological polar surface area (TPSA) is 0 Å². The summed E-state index contributed by atoms with van der Waals surface area (Å²) >= 11 is 7.61. The maximum atomic E-state index is 12.5. The minimum absolute atomic E-state index is 0.241.